The fourth-order valence-electron chi connectivity index (χ4n) is 1.73. The van der Waals surface area contributed by atoms with Crippen molar-refractivity contribution >= 4 is 5.57 Å². The van der Waals surface area contributed by atoms with Crippen LogP contribution < -0.4 is 5.32 Å². The highest BCUT2D eigenvalue weighted by Crippen LogP contribution is 2.21. The third-order valence-electron chi connectivity index (χ3n) is 2.77. The van der Waals surface area contributed by atoms with Gasteiger partial charge in [0, 0.05) is 0 Å². The van der Waals surface area contributed by atoms with Crippen LogP contribution in [-0.2, 0) is 0 Å². The summed E-state index contributed by atoms with van der Waals surface area (Å²) in [7, 11) is 1.96. The van der Waals surface area contributed by atoms with Crippen LogP contribution in [0.4, 0.5) is 0 Å². The van der Waals surface area contributed by atoms with E-state index in [1.165, 1.54) is 28.7 Å². The van der Waals surface area contributed by atoms with E-state index in [2.05, 4.69) is 58.6 Å². The summed E-state index contributed by atoms with van der Waals surface area (Å²) in [6.07, 6.45) is 1.23. The number of benzene rings is 1. The minimum Gasteiger partial charge on any atom is -0.320 e. The Bertz CT molecular complexity index is 362. The van der Waals surface area contributed by atoms with Crippen LogP contribution in [0.1, 0.15) is 56.4 Å². The molecule has 1 aromatic rings. The van der Waals surface area contributed by atoms with Crippen LogP contribution >= 0.6 is 0 Å². The molecular weight excluding hydrogens is 230 g/mol. The SMILES string of the molecule is C=C(C)c1cc(C)cc(C)c1C.CC.CCCNC. The van der Waals surface area contributed by atoms with Gasteiger partial charge in [0.15, 0.2) is 0 Å². The molecule has 0 aliphatic rings. The van der Waals surface area contributed by atoms with Crippen molar-refractivity contribution in [2.75, 3.05) is 13.6 Å². The first-order valence-electron chi connectivity index (χ1n) is 7.32. The Hall–Kier alpha value is -1.08. The molecule has 0 spiro atoms. The van der Waals surface area contributed by atoms with E-state index in [0.29, 0.717) is 0 Å². The predicted octanol–water partition coefficient (Wildman–Crippen LogP) is 5.29. The molecule has 0 atom stereocenters. The lowest BCUT2D eigenvalue weighted by Gasteiger charge is -2.09. The lowest BCUT2D eigenvalue weighted by Crippen LogP contribution is -2.04. The summed E-state index contributed by atoms with van der Waals surface area (Å²) in [4.78, 5) is 0. The third-order valence-corrected chi connectivity index (χ3v) is 2.77. The van der Waals surface area contributed by atoms with Crippen LogP contribution in [0.3, 0.4) is 0 Å². The fraction of sp³-hybridized carbons (Fsp3) is 0.556. The first kappa shape index (κ1) is 20.2. The number of hydrogen-bond donors (Lipinski definition) is 1. The van der Waals surface area contributed by atoms with E-state index < -0.39 is 0 Å². The van der Waals surface area contributed by atoms with E-state index in [0.717, 1.165) is 12.1 Å². The summed E-state index contributed by atoms with van der Waals surface area (Å²) in [5, 5.41) is 3.02. The van der Waals surface area contributed by atoms with Gasteiger partial charge in [0.05, 0.1) is 0 Å². The molecule has 19 heavy (non-hydrogen) atoms. The Balaban J connectivity index is 0. The standard InChI is InChI=1S/C12H16.C4H11N.C2H6/c1-8(2)12-7-9(3)6-10(4)11(12)5;1-3-4-5-2;1-2/h6-7H,1H2,2-5H3;5H,3-4H2,1-2H3;1-2H3. The van der Waals surface area contributed by atoms with Crippen LogP contribution in [-0.4, -0.2) is 13.6 Å². The first-order chi connectivity index (χ1) is 8.93. The average molecular weight is 263 g/mol. The topological polar surface area (TPSA) is 12.0 Å². The van der Waals surface area contributed by atoms with Crippen molar-refractivity contribution in [1.29, 1.82) is 0 Å². The smallest absolute Gasteiger partial charge is 0.00546 e. The van der Waals surface area contributed by atoms with Crippen molar-refractivity contribution in [2.45, 2.75) is 54.9 Å². The zero-order valence-corrected chi connectivity index (χ0v) is 14.3. The van der Waals surface area contributed by atoms with Crippen molar-refractivity contribution in [1.82, 2.24) is 5.32 Å². The van der Waals surface area contributed by atoms with Crippen LogP contribution in [0.2, 0.25) is 0 Å². The molecule has 110 valence electrons. The zero-order valence-electron chi connectivity index (χ0n) is 14.3. The molecular formula is C18H33N. The Morgan fingerprint density at radius 2 is 1.68 bits per heavy atom. The molecule has 0 heterocycles. The van der Waals surface area contributed by atoms with Gasteiger partial charge >= 0.3 is 0 Å². The van der Waals surface area contributed by atoms with Crippen molar-refractivity contribution < 1.29 is 0 Å². The van der Waals surface area contributed by atoms with E-state index in [4.69, 9.17) is 0 Å². The Morgan fingerprint density at radius 3 is 2.00 bits per heavy atom. The van der Waals surface area contributed by atoms with Crippen molar-refractivity contribution in [3.05, 3.63) is 41.0 Å². The quantitative estimate of drug-likeness (QED) is 0.781. The van der Waals surface area contributed by atoms with Gasteiger partial charge in [0.2, 0.25) is 0 Å². The molecule has 0 unspecified atom stereocenters. The van der Waals surface area contributed by atoms with E-state index in [-0.39, 0.29) is 0 Å². The highest BCUT2D eigenvalue weighted by Gasteiger charge is 2.02. The highest BCUT2D eigenvalue weighted by molar-refractivity contribution is 5.66. The van der Waals surface area contributed by atoms with E-state index >= 15 is 0 Å². The predicted molar refractivity (Wildman–Crippen MR) is 90.9 cm³/mol. The minimum atomic E-state index is 1.14. The molecule has 0 aromatic heterocycles. The normalized spacial score (nSPS) is 8.84. The van der Waals surface area contributed by atoms with Crippen molar-refractivity contribution in [2.24, 2.45) is 0 Å². The summed E-state index contributed by atoms with van der Waals surface area (Å²) in [6.45, 7) is 19.7. The van der Waals surface area contributed by atoms with Gasteiger partial charge in [-0.2, -0.15) is 0 Å². The first-order valence-corrected chi connectivity index (χ1v) is 7.32. The van der Waals surface area contributed by atoms with Gasteiger partial charge in [-0.05, 0) is 64.4 Å². The number of hydrogen-bond acceptors (Lipinski definition) is 1. The van der Waals surface area contributed by atoms with Gasteiger partial charge in [-0.15, -0.1) is 0 Å². The molecule has 0 aliphatic heterocycles. The summed E-state index contributed by atoms with van der Waals surface area (Å²) in [5.41, 5.74) is 6.48. The second-order valence-corrected chi connectivity index (χ2v) is 4.64. The number of aryl methyl sites for hydroxylation is 2. The molecule has 0 radical (unpaired) electrons. The molecule has 1 aromatic carbocycles. The Kier molecular flexibility index (Phi) is 12.8. The summed E-state index contributed by atoms with van der Waals surface area (Å²) in [6, 6.07) is 4.41. The molecule has 1 nitrogen and oxygen atoms in total. The summed E-state index contributed by atoms with van der Waals surface area (Å²) < 4.78 is 0. The Morgan fingerprint density at radius 1 is 1.16 bits per heavy atom. The average Bonchev–Trinajstić information content (AvgIpc) is 2.37. The lowest BCUT2D eigenvalue weighted by molar-refractivity contribution is 0.772. The van der Waals surface area contributed by atoms with Gasteiger partial charge in [0.1, 0.15) is 0 Å². The molecule has 0 fully saturated rings. The number of rotatable bonds is 3. The molecule has 1 rings (SSSR count). The van der Waals surface area contributed by atoms with Crippen molar-refractivity contribution in [3.63, 3.8) is 0 Å². The van der Waals surface area contributed by atoms with Crippen LogP contribution in [0, 0.1) is 20.8 Å². The molecule has 0 saturated heterocycles. The van der Waals surface area contributed by atoms with Gasteiger partial charge in [-0.1, -0.05) is 50.6 Å². The monoisotopic (exact) mass is 263 g/mol. The minimum absolute atomic E-state index is 1.14. The van der Waals surface area contributed by atoms with Gasteiger partial charge < -0.3 is 5.32 Å². The molecule has 1 heteroatoms. The van der Waals surface area contributed by atoms with Crippen LogP contribution in [0.15, 0.2) is 18.7 Å². The highest BCUT2D eigenvalue weighted by atomic mass is 14.8. The fourth-order valence-corrected chi connectivity index (χ4v) is 1.73. The molecule has 0 amide bonds. The van der Waals surface area contributed by atoms with Gasteiger partial charge in [0.25, 0.3) is 0 Å². The Labute approximate surface area is 121 Å². The molecule has 0 aliphatic carbocycles. The maximum atomic E-state index is 3.97. The summed E-state index contributed by atoms with van der Waals surface area (Å²) >= 11 is 0. The number of allylic oxidation sites excluding steroid dienone is 1. The number of nitrogens with one attached hydrogen (secondary N) is 1. The van der Waals surface area contributed by atoms with E-state index in [9.17, 15) is 0 Å². The lowest BCUT2D eigenvalue weighted by atomic mass is 9.96. The van der Waals surface area contributed by atoms with Crippen molar-refractivity contribution in [3.8, 4) is 0 Å². The third kappa shape index (κ3) is 8.61. The van der Waals surface area contributed by atoms with Gasteiger partial charge in [-0.3, -0.25) is 0 Å². The molecule has 0 bridgehead atoms. The largest absolute Gasteiger partial charge is 0.320 e. The van der Waals surface area contributed by atoms with E-state index in [1.807, 2.05) is 20.9 Å². The second kappa shape index (κ2) is 12.0. The maximum absolute atomic E-state index is 3.97. The zero-order chi connectivity index (χ0) is 15.4. The van der Waals surface area contributed by atoms with Gasteiger partial charge in [-0.25, -0.2) is 0 Å². The van der Waals surface area contributed by atoms with Crippen LogP contribution in [0.5, 0.6) is 0 Å². The summed E-state index contributed by atoms with van der Waals surface area (Å²) in [5.74, 6) is 0. The second-order valence-electron chi connectivity index (χ2n) is 4.64. The van der Waals surface area contributed by atoms with Crippen LogP contribution in [0.25, 0.3) is 5.57 Å². The molecule has 1 N–H and O–H groups in total. The van der Waals surface area contributed by atoms with E-state index in [1.54, 1.807) is 0 Å². The maximum Gasteiger partial charge on any atom is -0.00546 e. The molecule has 0 saturated carbocycles.